The normalized spacial score (nSPS) is 18.8. The SMILES string of the molecule is IC(I)C(I)(C(I)(I)I)C(I)(I)C(I)(I)I. The summed E-state index contributed by atoms with van der Waals surface area (Å²) in [4.78, 5) is 0. The Hall–Kier alpha value is 8.03. The largest absolute Gasteiger partial charge is 0.149 e. The molecule has 0 aliphatic heterocycles. The molecule has 0 amide bonds. The van der Waals surface area contributed by atoms with E-state index >= 15 is 0 Å². The van der Waals surface area contributed by atoms with Crippen LogP contribution in [-0.2, 0) is 0 Å². The van der Waals surface area contributed by atoms with Crippen LogP contribution in [0.3, 0.4) is 0 Å². The fraction of sp³-hybridized carbons (Fsp3) is 1.00. The lowest BCUT2D eigenvalue weighted by molar-refractivity contribution is 0.750. The summed E-state index contributed by atoms with van der Waals surface area (Å²) in [7, 11) is 0. The summed E-state index contributed by atoms with van der Waals surface area (Å²) in [5, 5.41) is 0. The Kier molecular flexibility index (Phi) is 13.7. The molecule has 0 aliphatic rings. The highest BCUT2D eigenvalue weighted by atomic mass is 127. The first-order chi connectivity index (χ1) is 6.69. The Morgan fingerprint density at radius 2 is 0.875 bits per heavy atom. The average Bonchev–Trinajstić information content (AvgIpc) is 1.97. The minimum absolute atomic E-state index is 0.147. The monoisotopic (exact) mass is 1460 g/mol. The Labute approximate surface area is 246 Å². The molecule has 11 heteroatoms. The van der Waals surface area contributed by atoms with E-state index in [0.29, 0.717) is 1.93 Å². The maximum Gasteiger partial charge on any atom is 0.149 e. The zero-order valence-corrected chi connectivity index (χ0v) is 30.5. The van der Waals surface area contributed by atoms with Gasteiger partial charge < -0.3 is 0 Å². The van der Waals surface area contributed by atoms with Gasteiger partial charge in [-0.05, 0) is 0 Å². The fourth-order valence-corrected chi connectivity index (χ4v) is 18.4. The van der Waals surface area contributed by atoms with E-state index in [1.165, 1.54) is 0 Å². The summed E-state index contributed by atoms with van der Waals surface area (Å²) in [6.07, 6.45) is 0. The highest BCUT2D eigenvalue weighted by Crippen LogP contribution is 2.71. The van der Waals surface area contributed by atoms with E-state index in [2.05, 4.69) is 248 Å². The summed E-state index contributed by atoms with van der Waals surface area (Å²) in [6.45, 7) is 0. The van der Waals surface area contributed by atoms with Crippen LogP contribution in [0.4, 0.5) is 0 Å². The molecule has 0 saturated heterocycles. The predicted octanol–water partition coefficient (Wildman–Crippen LogP) is 8.84. The topological polar surface area (TPSA) is 0 Å². The van der Waals surface area contributed by atoms with Crippen molar-refractivity contribution in [2.75, 3.05) is 0 Å². The van der Waals surface area contributed by atoms with E-state index in [-0.39, 0.29) is 3.72 Å². The molecule has 0 aromatic heterocycles. The van der Waals surface area contributed by atoms with Crippen molar-refractivity contribution >= 4 is 248 Å². The molecule has 0 fully saturated rings. The quantitative estimate of drug-likeness (QED) is 0.195. The summed E-state index contributed by atoms with van der Waals surface area (Å²) < 4.78 is 1.22. The number of alkyl halides is 11. The van der Waals surface area contributed by atoms with Gasteiger partial charge in [0.2, 0.25) is 0 Å². The van der Waals surface area contributed by atoms with Crippen molar-refractivity contribution in [3.05, 3.63) is 0 Å². The van der Waals surface area contributed by atoms with Gasteiger partial charge in [-0.25, -0.2) is 0 Å². The molecule has 0 aromatic carbocycles. The van der Waals surface area contributed by atoms with E-state index in [4.69, 9.17) is 0 Å². The third-order valence-electron chi connectivity index (χ3n) is 1.53. The van der Waals surface area contributed by atoms with Gasteiger partial charge in [0.15, 0.2) is 0 Å². The predicted molar refractivity (Wildman–Crippen MR) is 169 cm³/mol. The van der Waals surface area contributed by atoms with Crippen LogP contribution in [0.5, 0.6) is 0 Å². The van der Waals surface area contributed by atoms with Crippen LogP contribution >= 0.6 is 248 Å². The first-order valence-electron chi connectivity index (χ1n) is 3.18. The average molecular weight is 1460 g/mol. The third kappa shape index (κ3) is 5.79. The lowest BCUT2D eigenvalue weighted by Gasteiger charge is -2.50. The zero-order chi connectivity index (χ0) is 13.6. The molecule has 16 heavy (non-hydrogen) atoms. The molecule has 0 nitrogen and oxygen atoms in total. The molecule has 0 radical (unpaired) electrons. The summed E-state index contributed by atoms with van der Waals surface area (Å²) in [5.41, 5.74) is 0. The lowest BCUT2D eigenvalue weighted by Crippen LogP contribution is -2.58. The maximum atomic E-state index is 2.67. The van der Waals surface area contributed by atoms with Crippen molar-refractivity contribution in [2.24, 2.45) is 0 Å². The van der Waals surface area contributed by atoms with E-state index in [1.54, 1.807) is 0 Å². The molecule has 0 spiro atoms. The molecule has 98 valence electrons. The van der Waals surface area contributed by atoms with Gasteiger partial charge >= 0.3 is 0 Å². The van der Waals surface area contributed by atoms with Gasteiger partial charge in [0.1, 0.15) is 3.72 Å². The van der Waals surface area contributed by atoms with Crippen molar-refractivity contribution in [1.29, 1.82) is 0 Å². The number of hydrogen-bond donors (Lipinski definition) is 0. The Morgan fingerprint density at radius 3 is 0.938 bits per heavy atom. The zero-order valence-electron chi connectivity index (χ0n) is 6.73. The first-order valence-corrected chi connectivity index (χ1v) is 15.4. The molecule has 0 bridgehead atoms. The van der Waals surface area contributed by atoms with Gasteiger partial charge in [0.05, 0.1) is 1.93 Å². The van der Waals surface area contributed by atoms with Crippen molar-refractivity contribution in [3.63, 3.8) is 0 Å². The van der Waals surface area contributed by atoms with Gasteiger partial charge in [-0.2, -0.15) is 0 Å². The third-order valence-corrected chi connectivity index (χ3v) is 27.7. The second-order valence-electron chi connectivity index (χ2n) is 2.58. The number of rotatable bonds is 4. The minimum atomic E-state index is 0.147. The van der Waals surface area contributed by atoms with Gasteiger partial charge in [-0.3, -0.25) is 0 Å². The van der Waals surface area contributed by atoms with Gasteiger partial charge in [0.25, 0.3) is 0 Å². The van der Waals surface area contributed by atoms with Crippen LogP contribution in [0.15, 0.2) is 0 Å². The van der Waals surface area contributed by atoms with Crippen LogP contribution in [0, 0.1) is 0 Å². The van der Waals surface area contributed by atoms with Crippen LogP contribution in [0.2, 0.25) is 0 Å². The standard InChI is InChI=1S/C5HI11/c6-1(7)2(8,4(11,12)13)3(9,10)5(14,15)16/h1H. The van der Waals surface area contributed by atoms with Crippen LogP contribution in [-0.4, -0.2) is 5.65 Å². The van der Waals surface area contributed by atoms with Crippen molar-refractivity contribution in [3.8, 4) is 0 Å². The Balaban J connectivity index is 5.75. The summed E-state index contributed by atoms with van der Waals surface area (Å²) in [6, 6.07) is 0. The molecule has 1 atom stereocenters. The minimum Gasteiger partial charge on any atom is -0.0712 e. The summed E-state index contributed by atoms with van der Waals surface area (Å²) in [5.74, 6) is 0. The molecule has 0 aromatic rings. The fourth-order valence-electron chi connectivity index (χ4n) is 0.645. The highest BCUT2D eigenvalue weighted by Gasteiger charge is 2.66. The molecule has 0 saturated carbocycles. The molecule has 0 heterocycles. The smallest absolute Gasteiger partial charge is 0.0712 e. The molecular formula is C5HI11. The Bertz CT molecular complexity index is 246. The molecule has 0 N–H and O–H groups in total. The second-order valence-corrected chi connectivity index (χ2v) is 36.6. The highest BCUT2D eigenvalue weighted by molar-refractivity contribution is 14.3. The maximum absolute atomic E-state index is 2.67. The van der Waals surface area contributed by atoms with Crippen molar-refractivity contribution in [2.45, 2.75) is 5.65 Å². The van der Waals surface area contributed by atoms with E-state index < -0.39 is 0 Å². The van der Waals surface area contributed by atoms with Crippen molar-refractivity contribution < 1.29 is 0 Å². The van der Waals surface area contributed by atoms with Crippen LogP contribution < -0.4 is 0 Å². The van der Waals surface area contributed by atoms with Gasteiger partial charge in [-0.1, -0.05) is 248 Å². The molecule has 1 unspecified atom stereocenters. The second kappa shape index (κ2) is 9.11. The molecule has 0 rings (SSSR count). The first kappa shape index (κ1) is 24.0. The number of halogens is 11. The van der Waals surface area contributed by atoms with E-state index in [0.717, 1.165) is 0 Å². The summed E-state index contributed by atoms with van der Waals surface area (Å²) >= 11 is 28.4. The lowest BCUT2D eigenvalue weighted by atomic mass is 10.1. The van der Waals surface area contributed by atoms with Gasteiger partial charge in [-0.15, -0.1) is 0 Å². The van der Waals surface area contributed by atoms with Gasteiger partial charge in [0, 0.05) is 0 Å². The van der Waals surface area contributed by atoms with Crippen LogP contribution in [0.1, 0.15) is 0 Å². The number of hydrogen-bond acceptors (Lipinski definition) is 0. The molecular weight excluding hydrogens is 1460 g/mol. The van der Waals surface area contributed by atoms with Crippen molar-refractivity contribution in [1.82, 2.24) is 0 Å². The molecule has 0 aliphatic carbocycles. The Morgan fingerprint density at radius 1 is 0.562 bits per heavy atom. The van der Waals surface area contributed by atoms with E-state index in [9.17, 15) is 0 Å². The van der Waals surface area contributed by atoms with E-state index in [1.807, 2.05) is 0 Å². The van der Waals surface area contributed by atoms with Crippen LogP contribution in [0.25, 0.3) is 0 Å².